The summed E-state index contributed by atoms with van der Waals surface area (Å²) >= 11 is 6.05. The second-order valence-corrected chi connectivity index (χ2v) is 5.97. The lowest BCUT2D eigenvalue weighted by atomic mass is 10.1. The van der Waals surface area contributed by atoms with Gasteiger partial charge in [0, 0.05) is 11.1 Å². The lowest BCUT2D eigenvalue weighted by molar-refractivity contribution is -0.119. The number of amides is 1. The molecule has 0 saturated heterocycles. The van der Waals surface area contributed by atoms with Gasteiger partial charge >= 0.3 is 0 Å². The number of carbonyl (C=O) groups is 1. The highest BCUT2D eigenvalue weighted by Gasteiger charge is 2.03. The maximum absolute atomic E-state index is 12.0. The smallest absolute Gasteiger partial charge is 0.259 e. The summed E-state index contributed by atoms with van der Waals surface area (Å²) in [5.41, 5.74) is 4.16. The first-order chi connectivity index (χ1) is 12.7. The van der Waals surface area contributed by atoms with Crippen molar-refractivity contribution in [3.63, 3.8) is 0 Å². The Hall–Kier alpha value is -3.05. The van der Waals surface area contributed by atoms with E-state index < -0.39 is 0 Å². The number of halogens is 1. The molecule has 0 aromatic heterocycles. The maximum Gasteiger partial charge on any atom is 0.259 e. The Morgan fingerprint density at radius 2 is 1.96 bits per heavy atom. The van der Waals surface area contributed by atoms with Crippen molar-refractivity contribution in [2.45, 2.75) is 0 Å². The fraction of sp³-hybridized carbons (Fsp3) is 0.100. The number of carbonyl (C=O) groups excluding carboxylic acids is 1. The SMILES string of the molecule is COc1ccc(/C=N\NC(=O)CNc2cccc3ccccc23)cc1Cl. The molecule has 0 spiro atoms. The topological polar surface area (TPSA) is 62.7 Å². The Morgan fingerprint density at radius 3 is 2.77 bits per heavy atom. The van der Waals surface area contributed by atoms with Gasteiger partial charge in [-0.15, -0.1) is 0 Å². The summed E-state index contributed by atoms with van der Waals surface area (Å²) in [6, 6.07) is 19.2. The number of nitrogens with one attached hydrogen (secondary N) is 2. The van der Waals surface area contributed by atoms with Crippen LogP contribution in [-0.2, 0) is 4.79 Å². The third-order valence-corrected chi connectivity index (χ3v) is 4.10. The van der Waals surface area contributed by atoms with Gasteiger partial charge in [-0.3, -0.25) is 4.79 Å². The fourth-order valence-electron chi connectivity index (χ4n) is 2.54. The molecule has 0 radical (unpaired) electrons. The lowest BCUT2D eigenvalue weighted by Crippen LogP contribution is -2.25. The predicted octanol–water partition coefficient (Wildman–Crippen LogP) is 4.06. The van der Waals surface area contributed by atoms with E-state index in [1.165, 1.54) is 6.21 Å². The first-order valence-corrected chi connectivity index (χ1v) is 8.42. The van der Waals surface area contributed by atoms with E-state index in [2.05, 4.69) is 15.8 Å². The minimum absolute atomic E-state index is 0.120. The number of nitrogens with zero attached hydrogens (tertiary/aromatic N) is 1. The minimum atomic E-state index is -0.242. The predicted molar refractivity (Wildman–Crippen MR) is 106 cm³/mol. The first-order valence-electron chi connectivity index (χ1n) is 8.04. The molecular weight excluding hydrogens is 350 g/mol. The second-order valence-electron chi connectivity index (χ2n) is 5.57. The van der Waals surface area contributed by atoms with Crippen molar-refractivity contribution in [1.29, 1.82) is 0 Å². The van der Waals surface area contributed by atoms with E-state index in [0.717, 1.165) is 22.0 Å². The molecule has 3 aromatic rings. The Kier molecular flexibility index (Phi) is 5.71. The Balaban J connectivity index is 1.56. The molecule has 26 heavy (non-hydrogen) atoms. The number of hydrogen-bond donors (Lipinski definition) is 2. The van der Waals surface area contributed by atoms with Gasteiger partial charge in [0.2, 0.25) is 0 Å². The van der Waals surface area contributed by atoms with Crippen molar-refractivity contribution < 1.29 is 9.53 Å². The average molecular weight is 368 g/mol. The van der Waals surface area contributed by atoms with E-state index in [1.807, 2.05) is 42.5 Å². The van der Waals surface area contributed by atoms with Crippen LogP contribution in [0.5, 0.6) is 5.75 Å². The quantitative estimate of drug-likeness (QED) is 0.510. The van der Waals surface area contributed by atoms with Crippen LogP contribution in [0.4, 0.5) is 5.69 Å². The molecule has 0 fully saturated rings. The number of methoxy groups -OCH3 is 1. The van der Waals surface area contributed by atoms with Gasteiger partial charge in [0.05, 0.1) is 24.9 Å². The largest absolute Gasteiger partial charge is 0.495 e. The summed E-state index contributed by atoms with van der Waals surface area (Å²) in [4.78, 5) is 12.0. The molecule has 0 bridgehead atoms. The molecule has 2 N–H and O–H groups in total. The molecule has 132 valence electrons. The van der Waals surface area contributed by atoms with Crippen LogP contribution in [0.1, 0.15) is 5.56 Å². The zero-order valence-electron chi connectivity index (χ0n) is 14.2. The van der Waals surface area contributed by atoms with Crippen molar-refractivity contribution in [2.75, 3.05) is 19.0 Å². The molecule has 0 aliphatic carbocycles. The Bertz CT molecular complexity index is 951. The van der Waals surface area contributed by atoms with Crippen LogP contribution in [0, 0.1) is 0 Å². The lowest BCUT2D eigenvalue weighted by Gasteiger charge is -2.08. The molecule has 5 nitrogen and oxygen atoms in total. The minimum Gasteiger partial charge on any atom is -0.495 e. The summed E-state index contributed by atoms with van der Waals surface area (Å²) in [6.45, 7) is 0.120. The third-order valence-electron chi connectivity index (χ3n) is 3.81. The highest BCUT2D eigenvalue weighted by atomic mass is 35.5. The van der Waals surface area contributed by atoms with Crippen LogP contribution >= 0.6 is 11.6 Å². The third kappa shape index (κ3) is 4.32. The molecule has 6 heteroatoms. The highest BCUT2D eigenvalue weighted by Crippen LogP contribution is 2.24. The van der Waals surface area contributed by atoms with E-state index >= 15 is 0 Å². The first kappa shape index (κ1) is 17.8. The van der Waals surface area contributed by atoms with Gasteiger partial charge in [-0.05, 0) is 35.2 Å². The molecule has 0 atom stereocenters. The number of hydrogen-bond acceptors (Lipinski definition) is 4. The van der Waals surface area contributed by atoms with Gasteiger partial charge in [0.15, 0.2) is 0 Å². The standard InChI is InChI=1S/C20H18ClN3O2/c1-26-19-10-9-14(11-17(19)21)12-23-24-20(25)13-22-18-8-4-6-15-5-2-3-7-16(15)18/h2-12,22H,13H2,1H3,(H,24,25)/b23-12-. The number of ether oxygens (including phenoxy) is 1. The monoisotopic (exact) mass is 367 g/mol. The van der Waals surface area contributed by atoms with Crippen LogP contribution in [0.3, 0.4) is 0 Å². The number of rotatable bonds is 6. The van der Waals surface area contributed by atoms with Gasteiger partial charge in [-0.2, -0.15) is 5.10 Å². The number of hydrazone groups is 1. The van der Waals surface area contributed by atoms with Crippen molar-refractivity contribution >= 4 is 40.2 Å². The van der Waals surface area contributed by atoms with Gasteiger partial charge in [0.1, 0.15) is 5.75 Å². The second kappa shape index (κ2) is 8.36. The van der Waals surface area contributed by atoms with Crippen LogP contribution in [-0.4, -0.2) is 25.8 Å². The molecular formula is C20H18ClN3O2. The van der Waals surface area contributed by atoms with E-state index in [-0.39, 0.29) is 12.5 Å². The zero-order valence-corrected chi connectivity index (χ0v) is 15.0. The van der Waals surface area contributed by atoms with Crippen molar-refractivity contribution in [2.24, 2.45) is 5.10 Å². The molecule has 0 unspecified atom stereocenters. The van der Waals surface area contributed by atoms with Crippen LogP contribution in [0.2, 0.25) is 5.02 Å². The molecule has 1 amide bonds. The zero-order chi connectivity index (χ0) is 18.4. The average Bonchev–Trinajstić information content (AvgIpc) is 2.66. The Morgan fingerprint density at radius 1 is 1.15 bits per heavy atom. The number of anilines is 1. The van der Waals surface area contributed by atoms with Crippen LogP contribution in [0.15, 0.2) is 65.8 Å². The number of benzene rings is 3. The van der Waals surface area contributed by atoms with Crippen LogP contribution < -0.4 is 15.5 Å². The van der Waals surface area contributed by atoms with Crippen LogP contribution in [0.25, 0.3) is 10.8 Å². The van der Waals surface area contributed by atoms with E-state index in [4.69, 9.17) is 16.3 Å². The molecule has 3 aromatic carbocycles. The summed E-state index contributed by atoms with van der Waals surface area (Å²) in [5, 5.41) is 9.76. The summed E-state index contributed by atoms with van der Waals surface area (Å²) in [6.07, 6.45) is 1.53. The molecule has 0 heterocycles. The van der Waals surface area contributed by atoms with Gasteiger partial charge in [-0.25, -0.2) is 5.43 Å². The molecule has 3 rings (SSSR count). The van der Waals surface area contributed by atoms with Gasteiger partial charge in [-0.1, -0.05) is 48.0 Å². The van der Waals surface area contributed by atoms with E-state index in [1.54, 1.807) is 25.3 Å². The van der Waals surface area contributed by atoms with Crippen molar-refractivity contribution in [3.8, 4) is 5.75 Å². The van der Waals surface area contributed by atoms with Crippen molar-refractivity contribution in [1.82, 2.24) is 5.43 Å². The normalized spacial score (nSPS) is 10.8. The van der Waals surface area contributed by atoms with Gasteiger partial charge < -0.3 is 10.1 Å². The van der Waals surface area contributed by atoms with Crippen molar-refractivity contribution in [3.05, 3.63) is 71.2 Å². The maximum atomic E-state index is 12.0. The van der Waals surface area contributed by atoms with E-state index in [0.29, 0.717) is 10.8 Å². The molecule has 0 aliphatic rings. The Labute approximate surface area is 156 Å². The number of fused-ring (bicyclic) bond motifs is 1. The molecule has 0 saturated carbocycles. The summed E-state index contributed by atoms with van der Waals surface area (Å²) in [7, 11) is 1.55. The summed E-state index contributed by atoms with van der Waals surface area (Å²) < 4.78 is 5.09. The van der Waals surface area contributed by atoms with Gasteiger partial charge in [0.25, 0.3) is 5.91 Å². The molecule has 0 aliphatic heterocycles. The van der Waals surface area contributed by atoms with E-state index in [9.17, 15) is 4.79 Å². The fourth-order valence-corrected chi connectivity index (χ4v) is 2.80. The highest BCUT2D eigenvalue weighted by molar-refractivity contribution is 6.32. The summed E-state index contributed by atoms with van der Waals surface area (Å²) in [5.74, 6) is 0.348.